The minimum atomic E-state index is 0. The molecule has 2 N–H and O–H groups in total. The first-order chi connectivity index (χ1) is 12.8. The molecule has 1 fully saturated rings. The Kier molecular flexibility index (Phi) is 4.62. The predicted molar refractivity (Wildman–Crippen MR) is 115 cm³/mol. The fraction of sp³-hybridized carbons (Fsp3) is 0.238. The van der Waals surface area contributed by atoms with Crippen LogP contribution in [0.15, 0.2) is 48.7 Å². The number of aromatic nitrogens is 3. The summed E-state index contributed by atoms with van der Waals surface area (Å²) in [4.78, 5) is 7.13. The fourth-order valence-corrected chi connectivity index (χ4v) is 3.86. The number of nitrogens with zero attached hydrogens (tertiary/aromatic N) is 3. The number of anilines is 3. The van der Waals surface area contributed by atoms with Gasteiger partial charge in [-0.15, -0.1) is 12.4 Å². The van der Waals surface area contributed by atoms with Crippen LogP contribution in [-0.4, -0.2) is 28.3 Å². The lowest BCUT2D eigenvalue weighted by Crippen LogP contribution is -2.17. The quantitative estimate of drug-likeness (QED) is 0.514. The Morgan fingerprint density at radius 2 is 1.81 bits per heavy atom. The van der Waals surface area contributed by atoms with Gasteiger partial charge in [0, 0.05) is 40.9 Å². The van der Waals surface area contributed by atoms with E-state index in [2.05, 4.69) is 67.9 Å². The van der Waals surface area contributed by atoms with Gasteiger partial charge in [0.2, 0.25) is 0 Å². The molecule has 4 aromatic rings. The minimum Gasteiger partial charge on any atom is -0.372 e. The number of aromatic amines is 1. The predicted octanol–water partition coefficient (Wildman–Crippen LogP) is 5.19. The third kappa shape index (κ3) is 3.19. The van der Waals surface area contributed by atoms with E-state index < -0.39 is 0 Å². The number of hydrogen-bond acceptors (Lipinski definition) is 4. The number of fused-ring (bicyclic) bond motifs is 3. The Balaban J connectivity index is 0.00000180. The molecule has 0 saturated carbocycles. The third-order valence-electron chi connectivity index (χ3n) is 5.13. The lowest BCUT2D eigenvalue weighted by atomic mass is 10.1. The maximum absolute atomic E-state index is 4.68. The van der Waals surface area contributed by atoms with Gasteiger partial charge < -0.3 is 10.2 Å². The highest BCUT2D eigenvalue weighted by molar-refractivity contribution is 6.10. The molecule has 0 bridgehead atoms. The second-order valence-corrected chi connectivity index (χ2v) is 6.97. The van der Waals surface area contributed by atoms with Crippen molar-refractivity contribution in [2.75, 3.05) is 23.3 Å². The van der Waals surface area contributed by atoms with Gasteiger partial charge >= 0.3 is 0 Å². The average Bonchev–Trinajstić information content (AvgIpc) is 3.33. The maximum atomic E-state index is 4.68. The summed E-state index contributed by atoms with van der Waals surface area (Å²) >= 11 is 0. The summed E-state index contributed by atoms with van der Waals surface area (Å²) < 4.78 is 0. The number of hydrogen-bond donors (Lipinski definition) is 2. The second-order valence-electron chi connectivity index (χ2n) is 6.97. The molecule has 1 saturated heterocycles. The molecule has 5 rings (SSSR count). The van der Waals surface area contributed by atoms with Crippen LogP contribution < -0.4 is 10.2 Å². The summed E-state index contributed by atoms with van der Waals surface area (Å²) in [5.41, 5.74) is 6.42. The summed E-state index contributed by atoms with van der Waals surface area (Å²) in [7, 11) is 0. The molecule has 2 aromatic carbocycles. The van der Waals surface area contributed by atoms with Crippen molar-refractivity contribution in [2.45, 2.75) is 19.8 Å². The molecule has 0 unspecified atom stereocenters. The summed E-state index contributed by atoms with van der Waals surface area (Å²) in [5, 5.41) is 13.1. The van der Waals surface area contributed by atoms with E-state index in [1.807, 2.05) is 13.1 Å². The molecule has 5 nitrogen and oxygen atoms in total. The summed E-state index contributed by atoms with van der Waals surface area (Å²) in [6.45, 7) is 4.36. The lowest BCUT2D eigenvalue weighted by Gasteiger charge is -2.18. The van der Waals surface area contributed by atoms with Gasteiger partial charge in [-0.1, -0.05) is 0 Å². The maximum Gasteiger partial charge on any atom is 0.0765 e. The first kappa shape index (κ1) is 17.6. The number of pyridine rings is 1. The second kappa shape index (κ2) is 7.08. The van der Waals surface area contributed by atoms with Crippen molar-refractivity contribution in [3.8, 4) is 0 Å². The van der Waals surface area contributed by atoms with E-state index in [1.54, 1.807) is 0 Å². The van der Waals surface area contributed by atoms with Gasteiger partial charge in [0.1, 0.15) is 0 Å². The SMILES string of the molecule is Cc1cc(Nc2ccc(N3CCCC3)cc2)c2c(ccc3cn[nH]c32)n1.Cl. The molecule has 6 heteroatoms. The van der Waals surface area contributed by atoms with Crippen molar-refractivity contribution in [3.05, 3.63) is 54.4 Å². The molecule has 1 aliphatic heterocycles. The monoisotopic (exact) mass is 379 g/mol. The molecule has 1 aliphatic rings. The van der Waals surface area contributed by atoms with E-state index in [4.69, 9.17) is 0 Å². The van der Waals surface area contributed by atoms with Crippen LogP contribution >= 0.6 is 12.4 Å². The summed E-state index contributed by atoms with van der Waals surface area (Å²) in [5.74, 6) is 0. The van der Waals surface area contributed by atoms with Crippen molar-refractivity contribution in [3.63, 3.8) is 0 Å². The van der Waals surface area contributed by atoms with Gasteiger partial charge in [-0.05, 0) is 62.2 Å². The molecule has 0 amide bonds. The zero-order valence-electron chi connectivity index (χ0n) is 15.2. The van der Waals surface area contributed by atoms with Gasteiger partial charge in [0.05, 0.1) is 22.9 Å². The Morgan fingerprint density at radius 1 is 1.04 bits per heavy atom. The average molecular weight is 380 g/mol. The van der Waals surface area contributed by atoms with E-state index in [-0.39, 0.29) is 12.4 Å². The van der Waals surface area contributed by atoms with Gasteiger partial charge in [0.25, 0.3) is 0 Å². The van der Waals surface area contributed by atoms with Crippen molar-refractivity contribution in [1.29, 1.82) is 0 Å². The molecule has 0 radical (unpaired) electrons. The smallest absolute Gasteiger partial charge is 0.0765 e. The molecule has 27 heavy (non-hydrogen) atoms. The van der Waals surface area contributed by atoms with Crippen LogP contribution in [0.4, 0.5) is 17.1 Å². The van der Waals surface area contributed by atoms with E-state index in [0.717, 1.165) is 38.9 Å². The molecule has 3 heterocycles. The Morgan fingerprint density at radius 3 is 2.59 bits per heavy atom. The molecule has 138 valence electrons. The van der Waals surface area contributed by atoms with Crippen molar-refractivity contribution < 1.29 is 0 Å². The van der Waals surface area contributed by atoms with Gasteiger partial charge in [-0.3, -0.25) is 10.1 Å². The molecular formula is C21H22ClN5. The number of nitrogens with one attached hydrogen (secondary N) is 2. The van der Waals surface area contributed by atoms with E-state index in [0.29, 0.717) is 0 Å². The number of benzene rings is 2. The van der Waals surface area contributed by atoms with Crippen LogP contribution in [0, 0.1) is 6.92 Å². The normalized spacial score (nSPS) is 13.9. The zero-order valence-corrected chi connectivity index (χ0v) is 16.0. The molecular weight excluding hydrogens is 358 g/mol. The van der Waals surface area contributed by atoms with Crippen molar-refractivity contribution in [2.24, 2.45) is 0 Å². The number of H-pyrrole nitrogens is 1. The first-order valence-corrected chi connectivity index (χ1v) is 9.13. The summed E-state index contributed by atoms with van der Waals surface area (Å²) in [6.07, 6.45) is 4.44. The number of aryl methyl sites for hydroxylation is 1. The molecule has 0 aliphatic carbocycles. The molecule has 0 atom stereocenters. The van der Waals surface area contributed by atoms with E-state index in [9.17, 15) is 0 Å². The number of halogens is 1. The molecule has 2 aromatic heterocycles. The Labute approximate surface area is 164 Å². The first-order valence-electron chi connectivity index (χ1n) is 9.13. The van der Waals surface area contributed by atoms with Crippen LogP contribution in [0.25, 0.3) is 21.8 Å². The lowest BCUT2D eigenvalue weighted by molar-refractivity contribution is 0.949. The van der Waals surface area contributed by atoms with Crippen LogP contribution in [-0.2, 0) is 0 Å². The number of rotatable bonds is 3. The third-order valence-corrected chi connectivity index (χ3v) is 5.13. The summed E-state index contributed by atoms with van der Waals surface area (Å²) in [6, 6.07) is 14.9. The van der Waals surface area contributed by atoms with E-state index >= 15 is 0 Å². The van der Waals surface area contributed by atoms with Gasteiger partial charge in [-0.2, -0.15) is 5.10 Å². The van der Waals surface area contributed by atoms with Crippen LogP contribution in [0.1, 0.15) is 18.5 Å². The van der Waals surface area contributed by atoms with Crippen LogP contribution in [0.3, 0.4) is 0 Å². The van der Waals surface area contributed by atoms with Crippen molar-refractivity contribution in [1.82, 2.24) is 15.2 Å². The highest BCUT2D eigenvalue weighted by Crippen LogP contribution is 2.32. The van der Waals surface area contributed by atoms with E-state index in [1.165, 1.54) is 31.6 Å². The highest BCUT2D eigenvalue weighted by atomic mass is 35.5. The van der Waals surface area contributed by atoms with Crippen LogP contribution in [0.2, 0.25) is 0 Å². The zero-order chi connectivity index (χ0) is 17.5. The Bertz CT molecular complexity index is 1080. The highest BCUT2D eigenvalue weighted by Gasteiger charge is 2.13. The largest absolute Gasteiger partial charge is 0.372 e. The van der Waals surface area contributed by atoms with Gasteiger partial charge in [-0.25, -0.2) is 0 Å². The topological polar surface area (TPSA) is 56.8 Å². The minimum absolute atomic E-state index is 0. The fourth-order valence-electron chi connectivity index (χ4n) is 3.86. The Hall–Kier alpha value is -2.79. The molecule has 0 spiro atoms. The van der Waals surface area contributed by atoms with Crippen molar-refractivity contribution >= 4 is 51.3 Å². The standard InChI is InChI=1S/C21H21N5.ClH/c1-14-12-19(20-18(23-14)9-4-15-13-22-25-21(15)20)24-16-5-7-17(8-6-16)26-10-2-3-11-26;/h4-9,12-13H,2-3,10-11H2,1H3,(H,22,25)(H,23,24);1H. The van der Waals surface area contributed by atoms with Crippen LogP contribution in [0.5, 0.6) is 0 Å². The van der Waals surface area contributed by atoms with Gasteiger partial charge in [0.15, 0.2) is 0 Å².